The number of hydrogen-bond acceptors (Lipinski definition) is 2. The van der Waals surface area contributed by atoms with Gasteiger partial charge in [-0.2, -0.15) is 0 Å². The van der Waals surface area contributed by atoms with Crippen molar-refractivity contribution in [2.75, 3.05) is 11.9 Å². The molecule has 2 rings (SSSR count). The van der Waals surface area contributed by atoms with Crippen molar-refractivity contribution in [2.24, 2.45) is 0 Å². The molecule has 0 saturated heterocycles. The number of ether oxygens (including phenoxy) is 1. The Kier molecular flexibility index (Phi) is 5.42. The van der Waals surface area contributed by atoms with Crippen LogP contribution in [-0.2, 0) is 4.79 Å². The molecule has 21 heavy (non-hydrogen) atoms. The van der Waals surface area contributed by atoms with E-state index >= 15 is 0 Å². The zero-order valence-electron chi connectivity index (χ0n) is 11.7. The average Bonchev–Trinajstić information content (AvgIpc) is 2.40. The molecule has 1 N–H and O–H groups in total. The number of aryl methyl sites for hydroxylation is 2. The smallest absolute Gasteiger partial charge is 0.262 e. The normalized spacial score (nSPS) is 10.3. The summed E-state index contributed by atoms with van der Waals surface area (Å²) in [6.07, 6.45) is 0. The molecule has 2 aromatic carbocycles. The van der Waals surface area contributed by atoms with E-state index in [4.69, 9.17) is 4.74 Å². The molecule has 0 fully saturated rings. The van der Waals surface area contributed by atoms with Crippen LogP contribution in [0, 0.1) is 13.8 Å². The topological polar surface area (TPSA) is 38.3 Å². The van der Waals surface area contributed by atoms with Crippen LogP contribution in [0.1, 0.15) is 11.1 Å². The van der Waals surface area contributed by atoms with E-state index in [1.54, 1.807) is 0 Å². The van der Waals surface area contributed by atoms with E-state index in [0.29, 0.717) is 5.75 Å². The van der Waals surface area contributed by atoms with Gasteiger partial charge in [0.1, 0.15) is 5.75 Å². The first-order chi connectivity index (χ1) is 9.97. The van der Waals surface area contributed by atoms with Crippen LogP contribution in [0.15, 0.2) is 45.3 Å². The summed E-state index contributed by atoms with van der Waals surface area (Å²) < 4.78 is 7.23. The summed E-state index contributed by atoms with van der Waals surface area (Å²) in [7, 11) is 0. The van der Waals surface area contributed by atoms with Crippen LogP contribution in [0.4, 0.5) is 5.69 Å². The van der Waals surface area contributed by atoms with Gasteiger partial charge >= 0.3 is 0 Å². The molecule has 5 heteroatoms. The lowest BCUT2D eigenvalue weighted by molar-refractivity contribution is -0.118. The number of carbonyl (C=O) groups excluding carboxylic acids is 1. The number of rotatable bonds is 4. The van der Waals surface area contributed by atoms with Crippen LogP contribution < -0.4 is 10.1 Å². The third kappa shape index (κ3) is 4.32. The minimum atomic E-state index is -0.191. The number of nitrogens with one attached hydrogen (secondary N) is 1. The summed E-state index contributed by atoms with van der Waals surface area (Å²) in [6.45, 7) is 3.89. The van der Waals surface area contributed by atoms with Gasteiger partial charge in [0.05, 0.1) is 8.95 Å². The first kappa shape index (κ1) is 16.0. The third-order valence-electron chi connectivity index (χ3n) is 2.91. The van der Waals surface area contributed by atoms with Crippen molar-refractivity contribution in [3.63, 3.8) is 0 Å². The van der Waals surface area contributed by atoms with Gasteiger partial charge in [-0.3, -0.25) is 4.79 Å². The molecule has 0 bridgehead atoms. The number of carbonyl (C=O) groups is 1. The summed E-state index contributed by atoms with van der Waals surface area (Å²) in [5.41, 5.74) is 2.92. The van der Waals surface area contributed by atoms with Crippen molar-refractivity contribution >= 4 is 43.5 Å². The average molecular weight is 413 g/mol. The molecule has 0 unspecified atom stereocenters. The van der Waals surface area contributed by atoms with Crippen LogP contribution in [0.2, 0.25) is 0 Å². The molecule has 0 atom stereocenters. The molecule has 0 radical (unpaired) electrons. The second-order valence-corrected chi connectivity index (χ2v) is 6.42. The van der Waals surface area contributed by atoms with E-state index in [9.17, 15) is 4.79 Å². The van der Waals surface area contributed by atoms with Gasteiger partial charge in [0.15, 0.2) is 6.61 Å². The van der Waals surface area contributed by atoms with Crippen LogP contribution in [0.3, 0.4) is 0 Å². The standard InChI is InChI=1S/C16H15Br2NO2/c1-10-7-12(17)16(13(18)8-10)21-9-15(20)19-14-6-4-3-5-11(14)2/h3-8H,9H2,1-2H3,(H,19,20). The molecule has 0 heterocycles. The van der Waals surface area contributed by atoms with E-state index < -0.39 is 0 Å². The molecule has 110 valence electrons. The SMILES string of the molecule is Cc1cc(Br)c(OCC(=O)Nc2ccccc2C)c(Br)c1. The van der Waals surface area contributed by atoms with Crippen molar-refractivity contribution in [1.29, 1.82) is 0 Å². The Morgan fingerprint density at radius 3 is 2.38 bits per heavy atom. The molecule has 2 aromatic rings. The predicted octanol–water partition coefficient (Wildman–Crippen LogP) is 4.85. The zero-order chi connectivity index (χ0) is 15.4. The minimum Gasteiger partial charge on any atom is -0.481 e. The lowest BCUT2D eigenvalue weighted by atomic mass is 10.2. The van der Waals surface area contributed by atoms with E-state index in [2.05, 4.69) is 37.2 Å². The maximum Gasteiger partial charge on any atom is 0.262 e. The largest absolute Gasteiger partial charge is 0.481 e. The molecule has 0 aromatic heterocycles. The molecule has 0 aliphatic heterocycles. The Balaban J connectivity index is 2.01. The van der Waals surface area contributed by atoms with Crippen LogP contribution in [-0.4, -0.2) is 12.5 Å². The number of hydrogen-bond donors (Lipinski definition) is 1. The van der Waals surface area contributed by atoms with Gasteiger partial charge in [-0.05, 0) is 75.0 Å². The van der Waals surface area contributed by atoms with Gasteiger partial charge in [-0.15, -0.1) is 0 Å². The molecule has 0 aliphatic rings. The monoisotopic (exact) mass is 411 g/mol. The van der Waals surface area contributed by atoms with E-state index in [1.165, 1.54) is 0 Å². The molecule has 1 amide bonds. The quantitative estimate of drug-likeness (QED) is 0.779. The Morgan fingerprint density at radius 2 is 1.76 bits per heavy atom. The summed E-state index contributed by atoms with van der Waals surface area (Å²) in [5.74, 6) is 0.434. The summed E-state index contributed by atoms with van der Waals surface area (Å²) in [5, 5.41) is 2.84. The first-order valence-corrected chi connectivity index (χ1v) is 8.00. The Morgan fingerprint density at radius 1 is 1.14 bits per heavy atom. The lowest BCUT2D eigenvalue weighted by Crippen LogP contribution is -2.20. The van der Waals surface area contributed by atoms with E-state index in [1.807, 2.05) is 50.2 Å². The summed E-state index contributed by atoms with van der Waals surface area (Å²) in [6, 6.07) is 11.5. The highest BCUT2D eigenvalue weighted by Crippen LogP contribution is 2.34. The number of halogens is 2. The van der Waals surface area contributed by atoms with Gasteiger partial charge in [0.25, 0.3) is 5.91 Å². The van der Waals surface area contributed by atoms with Crippen molar-refractivity contribution < 1.29 is 9.53 Å². The highest BCUT2D eigenvalue weighted by molar-refractivity contribution is 9.11. The maximum absolute atomic E-state index is 12.0. The Hall–Kier alpha value is -1.33. The van der Waals surface area contributed by atoms with E-state index in [-0.39, 0.29) is 12.5 Å². The minimum absolute atomic E-state index is 0.0470. The van der Waals surface area contributed by atoms with Gasteiger partial charge in [-0.25, -0.2) is 0 Å². The van der Waals surface area contributed by atoms with Crippen LogP contribution >= 0.6 is 31.9 Å². The third-order valence-corrected chi connectivity index (χ3v) is 4.09. The number of para-hydroxylation sites is 1. The van der Waals surface area contributed by atoms with Crippen LogP contribution in [0.5, 0.6) is 5.75 Å². The van der Waals surface area contributed by atoms with Gasteiger partial charge in [0, 0.05) is 5.69 Å². The predicted molar refractivity (Wildman–Crippen MR) is 91.9 cm³/mol. The second kappa shape index (κ2) is 7.09. The van der Waals surface area contributed by atoms with Gasteiger partial charge in [0.2, 0.25) is 0 Å². The lowest BCUT2D eigenvalue weighted by Gasteiger charge is -2.12. The van der Waals surface area contributed by atoms with Crippen molar-refractivity contribution in [2.45, 2.75) is 13.8 Å². The highest BCUT2D eigenvalue weighted by atomic mass is 79.9. The molecule has 3 nitrogen and oxygen atoms in total. The highest BCUT2D eigenvalue weighted by Gasteiger charge is 2.11. The second-order valence-electron chi connectivity index (χ2n) is 4.71. The number of amides is 1. The Bertz CT molecular complexity index is 648. The fraction of sp³-hybridized carbons (Fsp3) is 0.188. The fourth-order valence-corrected chi connectivity index (χ4v) is 3.51. The van der Waals surface area contributed by atoms with E-state index in [0.717, 1.165) is 25.8 Å². The maximum atomic E-state index is 12.0. The van der Waals surface area contributed by atoms with Gasteiger partial charge < -0.3 is 10.1 Å². The van der Waals surface area contributed by atoms with Crippen LogP contribution in [0.25, 0.3) is 0 Å². The molecular weight excluding hydrogens is 398 g/mol. The zero-order valence-corrected chi connectivity index (χ0v) is 14.9. The summed E-state index contributed by atoms with van der Waals surface area (Å²) >= 11 is 6.88. The van der Waals surface area contributed by atoms with Gasteiger partial charge in [-0.1, -0.05) is 18.2 Å². The number of benzene rings is 2. The molecule has 0 spiro atoms. The fourth-order valence-electron chi connectivity index (χ4n) is 1.86. The molecule has 0 aliphatic carbocycles. The Labute approximate surface area is 141 Å². The van der Waals surface area contributed by atoms with Crippen molar-refractivity contribution in [1.82, 2.24) is 0 Å². The van der Waals surface area contributed by atoms with Crippen molar-refractivity contribution in [3.05, 3.63) is 56.5 Å². The molecular formula is C16H15Br2NO2. The van der Waals surface area contributed by atoms with Crippen molar-refractivity contribution in [3.8, 4) is 5.75 Å². The first-order valence-electron chi connectivity index (χ1n) is 6.41. The summed E-state index contributed by atoms with van der Waals surface area (Å²) in [4.78, 5) is 12.0. The molecule has 0 saturated carbocycles. The number of anilines is 1.